The summed E-state index contributed by atoms with van der Waals surface area (Å²) in [6.07, 6.45) is 0.639. The lowest BCUT2D eigenvalue weighted by Gasteiger charge is -2.05. The highest BCUT2D eigenvalue weighted by molar-refractivity contribution is 7.09. The van der Waals surface area contributed by atoms with Gasteiger partial charge in [-0.25, -0.2) is 9.97 Å². The fourth-order valence-corrected chi connectivity index (χ4v) is 1.94. The number of rotatable bonds is 2. The van der Waals surface area contributed by atoms with Crippen LogP contribution in [0.25, 0.3) is 0 Å². The molecule has 0 aliphatic carbocycles. The van der Waals surface area contributed by atoms with Crippen molar-refractivity contribution in [2.24, 2.45) is 7.05 Å². The molecular weight excluding hydrogens is 200 g/mol. The van der Waals surface area contributed by atoms with E-state index in [0.717, 1.165) is 5.69 Å². The second-order valence-corrected chi connectivity index (χ2v) is 3.86. The van der Waals surface area contributed by atoms with Crippen molar-refractivity contribution < 1.29 is 5.11 Å². The number of aliphatic hydroxyl groups is 1. The number of aliphatic hydroxyl groups excluding tert-OH is 1. The fraction of sp³-hybridized carbons (Fsp3) is 0.375. The molecule has 1 atom stereocenters. The summed E-state index contributed by atoms with van der Waals surface area (Å²) in [5.41, 5.74) is 0.909. The average Bonchev–Trinajstić information content (AvgIpc) is 2.73. The molecule has 2 rings (SSSR count). The zero-order valence-corrected chi connectivity index (χ0v) is 8.69. The minimum Gasteiger partial charge on any atom is -0.378 e. The van der Waals surface area contributed by atoms with Gasteiger partial charge in [0, 0.05) is 18.1 Å². The van der Waals surface area contributed by atoms with Gasteiger partial charge in [0.05, 0.1) is 0 Å². The van der Waals surface area contributed by atoms with Gasteiger partial charge in [0.15, 0.2) is 11.9 Å². The quantitative estimate of drug-likeness (QED) is 0.791. The van der Waals surface area contributed by atoms with Crippen LogP contribution in [0.15, 0.2) is 11.7 Å². The fourth-order valence-electron chi connectivity index (χ4n) is 1.16. The Balaban J connectivity index is 2.33. The van der Waals surface area contributed by atoms with Gasteiger partial charge in [0.2, 0.25) is 0 Å². The predicted molar refractivity (Wildman–Crippen MR) is 51.9 cm³/mol. The second-order valence-electron chi connectivity index (χ2n) is 2.97. The Morgan fingerprint density at radius 2 is 2.36 bits per heavy atom. The minimum atomic E-state index is -0.777. The summed E-state index contributed by atoms with van der Waals surface area (Å²) in [6, 6.07) is 0. The Morgan fingerprint density at radius 3 is 2.86 bits per heavy atom. The van der Waals surface area contributed by atoms with E-state index in [1.807, 2.05) is 12.3 Å². The molecule has 0 saturated carbocycles. The molecule has 5 nitrogen and oxygen atoms in total. The molecule has 0 aliphatic heterocycles. The number of nitrogens with zero attached hydrogens (tertiary/aromatic N) is 4. The Bertz CT molecular complexity index is 436. The summed E-state index contributed by atoms with van der Waals surface area (Å²) in [7, 11) is 1.74. The number of hydrogen-bond acceptors (Lipinski definition) is 5. The predicted octanol–water partition coefficient (Wildman–Crippen LogP) is 0.662. The molecule has 74 valence electrons. The van der Waals surface area contributed by atoms with Crippen LogP contribution in [-0.2, 0) is 7.05 Å². The molecule has 0 bridgehead atoms. The van der Waals surface area contributed by atoms with Crippen LogP contribution in [0.5, 0.6) is 0 Å². The van der Waals surface area contributed by atoms with Crippen molar-refractivity contribution >= 4 is 11.3 Å². The second kappa shape index (κ2) is 3.47. The van der Waals surface area contributed by atoms with Gasteiger partial charge in [-0.1, -0.05) is 0 Å². The first-order valence-corrected chi connectivity index (χ1v) is 5.00. The molecule has 14 heavy (non-hydrogen) atoms. The van der Waals surface area contributed by atoms with E-state index in [0.29, 0.717) is 10.8 Å². The Morgan fingerprint density at radius 1 is 1.57 bits per heavy atom. The van der Waals surface area contributed by atoms with E-state index in [2.05, 4.69) is 15.1 Å². The summed E-state index contributed by atoms with van der Waals surface area (Å²) in [5.74, 6) is 0.513. The average molecular weight is 210 g/mol. The van der Waals surface area contributed by atoms with E-state index < -0.39 is 6.10 Å². The van der Waals surface area contributed by atoms with Crippen molar-refractivity contribution in [3.8, 4) is 0 Å². The van der Waals surface area contributed by atoms with Gasteiger partial charge in [-0.3, -0.25) is 4.68 Å². The topological polar surface area (TPSA) is 63.8 Å². The van der Waals surface area contributed by atoms with Crippen LogP contribution < -0.4 is 0 Å². The van der Waals surface area contributed by atoms with Crippen LogP contribution >= 0.6 is 11.3 Å². The van der Waals surface area contributed by atoms with Crippen LogP contribution in [0.3, 0.4) is 0 Å². The monoisotopic (exact) mass is 210 g/mol. The van der Waals surface area contributed by atoms with Crippen molar-refractivity contribution in [2.75, 3.05) is 0 Å². The van der Waals surface area contributed by atoms with Crippen LogP contribution in [0.1, 0.15) is 22.6 Å². The Hall–Kier alpha value is -1.27. The third-order valence-electron chi connectivity index (χ3n) is 1.86. The Kier molecular flexibility index (Phi) is 2.30. The molecule has 0 saturated heterocycles. The van der Waals surface area contributed by atoms with Crippen molar-refractivity contribution in [3.63, 3.8) is 0 Å². The molecule has 6 heteroatoms. The lowest BCUT2D eigenvalue weighted by atomic mass is 10.3. The van der Waals surface area contributed by atoms with Crippen molar-refractivity contribution in [1.29, 1.82) is 0 Å². The largest absolute Gasteiger partial charge is 0.378 e. The lowest BCUT2D eigenvalue weighted by Crippen LogP contribution is -2.07. The Labute approximate surface area is 85.1 Å². The van der Waals surface area contributed by atoms with Gasteiger partial charge in [0.1, 0.15) is 11.3 Å². The maximum Gasteiger partial charge on any atom is 0.165 e. The molecule has 0 fully saturated rings. The number of aromatic nitrogens is 4. The summed E-state index contributed by atoms with van der Waals surface area (Å²) in [5, 5.41) is 16.3. The number of thiazole rings is 1. The summed E-state index contributed by atoms with van der Waals surface area (Å²) >= 11 is 1.42. The van der Waals surface area contributed by atoms with Crippen molar-refractivity contribution in [1.82, 2.24) is 19.7 Å². The van der Waals surface area contributed by atoms with Crippen LogP contribution in [0.2, 0.25) is 0 Å². The van der Waals surface area contributed by atoms with Crippen LogP contribution in [-0.4, -0.2) is 24.9 Å². The molecule has 0 spiro atoms. The van der Waals surface area contributed by atoms with Crippen molar-refractivity contribution in [2.45, 2.75) is 13.0 Å². The third kappa shape index (κ3) is 1.53. The van der Waals surface area contributed by atoms with Gasteiger partial charge in [-0.15, -0.1) is 11.3 Å². The first-order chi connectivity index (χ1) is 6.68. The molecule has 2 heterocycles. The van der Waals surface area contributed by atoms with Gasteiger partial charge in [-0.2, -0.15) is 5.10 Å². The lowest BCUT2D eigenvalue weighted by molar-refractivity contribution is 0.204. The highest BCUT2D eigenvalue weighted by Gasteiger charge is 2.18. The van der Waals surface area contributed by atoms with Gasteiger partial charge in [0.25, 0.3) is 0 Å². The van der Waals surface area contributed by atoms with Crippen molar-refractivity contribution in [3.05, 3.63) is 28.2 Å². The molecule has 1 unspecified atom stereocenters. The van der Waals surface area contributed by atoms with Crippen LogP contribution in [0.4, 0.5) is 0 Å². The molecular formula is C8H10N4OS. The molecule has 1 N–H and O–H groups in total. The summed E-state index contributed by atoms with van der Waals surface area (Å²) in [6.45, 7) is 1.89. The SMILES string of the molecule is Cc1csc(C(O)c2ncnn2C)n1. The molecule has 0 radical (unpaired) electrons. The normalized spacial score (nSPS) is 13.1. The van der Waals surface area contributed by atoms with E-state index >= 15 is 0 Å². The van der Waals surface area contributed by atoms with E-state index in [1.54, 1.807) is 11.7 Å². The smallest absolute Gasteiger partial charge is 0.165 e. The summed E-state index contributed by atoms with van der Waals surface area (Å²) < 4.78 is 1.54. The molecule has 0 amide bonds. The minimum absolute atomic E-state index is 0.513. The van der Waals surface area contributed by atoms with Gasteiger partial charge >= 0.3 is 0 Å². The first-order valence-electron chi connectivity index (χ1n) is 4.12. The number of aryl methyl sites for hydroxylation is 2. The molecule has 2 aromatic heterocycles. The highest BCUT2D eigenvalue weighted by atomic mass is 32.1. The maximum atomic E-state index is 9.90. The molecule has 2 aromatic rings. The van der Waals surface area contributed by atoms with E-state index in [4.69, 9.17) is 0 Å². The van der Waals surface area contributed by atoms with Gasteiger partial charge < -0.3 is 5.11 Å². The van der Waals surface area contributed by atoms with E-state index in [1.165, 1.54) is 17.7 Å². The maximum absolute atomic E-state index is 9.90. The highest BCUT2D eigenvalue weighted by Crippen LogP contribution is 2.22. The molecule has 0 aromatic carbocycles. The van der Waals surface area contributed by atoms with Gasteiger partial charge in [-0.05, 0) is 6.92 Å². The number of hydrogen-bond donors (Lipinski definition) is 1. The van der Waals surface area contributed by atoms with E-state index in [-0.39, 0.29) is 0 Å². The zero-order valence-electron chi connectivity index (χ0n) is 7.88. The first kappa shape index (κ1) is 9.29. The standard InChI is InChI=1S/C8H10N4OS/c1-5-3-14-8(11-5)6(13)7-9-4-10-12(7)2/h3-4,6,13H,1-2H3. The van der Waals surface area contributed by atoms with Crippen LogP contribution in [0, 0.1) is 6.92 Å². The zero-order chi connectivity index (χ0) is 10.1. The molecule has 0 aliphatic rings. The summed E-state index contributed by atoms with van der Waals surface area (Å²) in [4.78, 5) is 8.16. The third-order valence-corrected chi connectivity index (χ3v) is 2.88. The van der Waals surface area contributed by atoms with E-state index in [9.17, 15) is 5.11 Å².